The van der Waals surface area contributed by atoms with Crippen LogP contribution in [0.25, 0.3) is 0 Å². The Balaban J connectivity index is 2.54. The summed E-state index contributed by atoms with van der Waals surface area (Å²) in [4.78, 5) is 11.2. The van der Waals surface area contributed by atoms with Gasteiger partial charge in [-0.2, -0.15) is 0 Å². The van der Waals surface area contributed by atoms with E-state index in [0.29, 0.717) is 11.7 Å². The maximum atomic E-state index is 9.89. The molecule has 1 fully saturated rings. The lowest BCUT2D eigenvalue weighted by atomic mass is 10.7. The molecule has 0 bridgehead atoms. The highest BCUT2D eigenvalue weighted by Gasteiger charge is 2.14. The largest absolute Gasteiger partial charge is 0.360 e. The Morgan fingerprint density at radius 2 is 2.62 bits per heavy atom. The lowest BCUT2D eigenvalue weighted by Crippen LogP contribution is -2.25. The van der Waals surface area contributed by atoms with Gasteiger partial charge >= 0.3 is 6.41 Å². The Bertz CT molecular complexity index is 125. The zero-order valence-electron chi connectivity index (χ0n) is 4.18. The highest BCUT2D eigenvalue weighted by molar-refractivity contribution is 7.80. The van der Waals surface area contributed by atoms with Gasteiger partial charge in [-0.15, -0.1) is 0 Å². The maximum absolute atomic E-state index is 9.89. The quantitative estimate of drug-likeness (QED) is 0.472. The van der Waals surface area contributed by atoms with Gasteiger partial charge in [0.15, 0.2) is 5.11 Å². The van der Waals surface area contributed by atoms with Gasteiger partial charge in [0.1, 0.15) is 0 Å². The van der Waals surface area contributed by atoms with Crippen LogP contribution in [-0.2, 0) is 4.79 Å². The van der Waals surface area contributed by atoms with Crippen molar-refractivity contribution >= 4 is 23.7 Å². The van der Waals surface area contributed by atoms with Crippen molar-refractivity contribution in [1.82, 2.24) is 10.2 Å². The van der Waals surface area contributed by atoms with Gasteiger partial charge < -0.3 is 5.32 Å². The predicted molar refractivity (Wildman–Crippen MR) is 33.0 cm³/mol. The first kappa shape index (κ1) is 5.50. The molecular weight excluding hydrogens is 124 g/mol. The fraction of sp³-hybridized carbons (Fsp3) is 0.500. The number of thiocarbonyl (C=S) groups is 1. The molecule has 1 amide bonds. The summed E-state index contributed by atoms with van der Waals surface area (Å²) >= 11 is 4.69. The van der Waals surface area contributed by atoms with E-state index in [1.807, 2.05) is 0 Å². The van der Waals surface area contributed by atoms with E-state index >= 15 is 0 Å². The first-order valence-electron chi connectivity index (χ1n) is 2.28. The topological polar surface area (TPSA) is 32.3 Å². The molecule has 0 aromatic carbocycles. The van der Waals surface area contributed by atoms with Crippen molar-refractivity contribution in [3.8, 4) is 0 Å². The molecule has 4 heteroatoms. The Hall–Kier alpha value is -0.640. The minimum Gasteiger partial charge on any atom is -0.360 e. The van der Waals surface area contributed by atoms with Gasteiger partial charge in [0, 0.05) is 13.1 Å². The highest BCUT2D eigenvalue weighted by Crippen LogP contribution is 1.90. The standard InChI is InChI=1S/C4H5N2OS/c7-3-6-2-1-5-4(6)8/h1-2H2,(H,5,8). The Morgan fingerprint density at radius 3 is 2.88 bits per heavy atom. The van der Waals surface area contributed by atoms with Gasteiger partial charge in [-0.05, 0) is 12.2 Å². The number of nitrogens with one attached hydrogen (secondary N) is 1. The fourth-order valence-electron chi connectivity index (χ4n) is 0.559. The average Bonchev–Trinajstić information content (AvgIpc) is 2.14. The van der Waals surface area contributed by atoms with Crippen molar-refractivity contribution in [2.75, 3.05) is 13.1 Å². The molecule has 0 saturated carbocycles. The first-order chi connectivity index (χ1) is 3.84. The van der Waals surface area contributed by atoms with Crippen LogP contribution in [0.15, 0.2) is 0 Å². The smallest absolute Gasteiger partial charge is 0.318 e. The van der Waals surface area contributed by atoms with E-state index in [1.165, 1.54) is 4.90 Å². The van der Waals surface area contributed by atoms with Gasteiger partial charge in [-0.3, -0.25) is 9.69 Å². The van der Waals surface area contributed by atoms with Crippen molar-refractivity contribution in [1.29, 1.82) is 0 Å². The van der Waals surface area contributed by atoms with Crippen molar-refractivity contribution < 1.29 is 4.79 Å². The molecule has 0 unspecified atom stereocenters. The average molecular weight is 129 g/mol. The second-order valence-electron chi connectivity index (χ2n) is 1.47. The van der Waals surface area contributed by atoms with E-state index in [-0.39, 0.29) is 0 Å². The van der Waals surface area contributed by atoms with Crippen molar-refractivity contribution in [3.63, 3.8) is 0 Å². The third kappa shape index (κ3) is 0.790. The molecular formula is C4H5N2OS. The van der Waals surface area contributed by atoms with E-state index < -0.39 is 0 Å². The van der Waals surface area contributed by atoms with Crippen LogP contribution in [0.4, 0.5) is 0 Å². The number of carbonyl (C=O) groups excluding carboxylic acids is 1. The molecule has 8 heavy (non-hydrogen) atoms. The summed E-state index contributed by atoms with van der Waals surface area (Å²) in [5, 5.41) is 3.30. The normalized spacial score (nSPS) is 18.5. The SMILES string of the molecule is O=[C]N1CCNC1=S. The zero-order valence-corrected chi connectivity index (χ0v) is 4.99. The number of rotatable bonds is 1. The summed E-state index contributed by atoms with van der Waals surface area (Å²) in [5.41, 5.74) is 0. The van der Waals surface area contributed by atoms with Crippen molar-refractivity contribution in [2.45, 2.75) is 0 Å². The van der Waals surface area contributed by atoms with Crippen LogP contribution in [0.5, 0.6) is 0 Å². The van der Waals surface area contributed by atoms with Gasteiger partial charge in [0.2, 0.25) is 0 Å². The molecule has 1 rings (SSSR count). The monoisotopic (exact) mass is 129 g/mol. The summed E-state index contributed by atoms with van der Waals surface area (Å²) in [5.74, 6) is 0. The first-order valence-corrected chi connectivity index (χ1v) is 2.68. The molecule has 0 aromatic rings. The molecule has 1 radical (unpaired) electrons. The van der Waals surface area contributed by atoms with E-state index in [4.69, 9.17) is 12.2 Å². The van der Waals surface area contributed by atoms with Gasteiger partial charge in [-0.1, -0.05) is 0 Å². The third-order valence-corrected chi connectivity index (χ3v) is 1.33. The van der Waals surface area contributed by atoms with Gasteiger partial charge in [0.05, 0.1) is 0 Å². The summed E-state index contributed by atoms with van der Waals surface area (Å²) < 4.78 is 0. The molecule has 1 heterocycles. The summed E-state index contributed by atoms with van der Waals surface area (Å²) in [7, 11) is 0. The van der Waals surface area contributed by atoms with Gasteiger partial charge in [-0.25, -0.2) is 0 Å². The van der Waals surface area contributed by atoms with Crippen LogP contribution in [0, 0.1) is 0 Å². The molecule has 1 saturated heterocycles. The van der Waals surface area contributed by atoms with Crippen molar-refractivity contribution in [2.24, 2.45) is 0 Å². The molecule has 43 valence electrons. The summed E-state index contributed by atoms with van der Waals surface area (Å²) in [6.07, 6.45) is 1.69. The molecule has 0 atom stereocenters. The van der Waals surface area contributed by atoms with E-state index in [0.717, 1.165) is 6.54 Å². The van der Waals surface area contributed by atoms with Crippen LogP contribution in [0.2, 0.25) is 0 Å². The van der Waals surface area contributed by atoms with E-state index in [1.54, 1.807) is 6.41 Å². The number of hydrogen-bond donors (Lipinski definition) is 1. The Labute approximate surface area is 52.7 Å². The third-order valence-electron chi connectivity index (χ3n) is 0.967. The molecule has 3 nitrogen and oxygen atoms in total. The minimum atomic E-state index is 0.486. The van der Waals surface area contributed by atoms with Crippen molar-refractivity contribution in [3.05, 3.63) is 0 Å². The highest BCUT2D eigenvalue weighted by atomic mass is 32.1. The molecule has 0 aliphatic carbocycles. The minimum absolute atomic E-state index is 0.486. The second-order valence-corrected chi connectivity index (χ2v) is 1.86. The van der Waals surface area contributed by atoms with E-state index in [9.17, 15) is 4.79 Å². The van der Waals surface area contributed by atoms with Crippen LogP contribution in [-0.4, -0.2) is 29.5 Å². The maximum Gasteiger partial charge on any atom is 0.318 e. The zero-order chi connectivity index (χ0) is 5.98. The Morgan fingerprint density at radius 1 is 1.88 bits per heavy atom. The second kappa shape index (κ2) is 2.09. The Kier molecular flexibility index (Phi) is 1.43. The molecule has 1 aliphatic rings. The number of nitrogens with zero attached hydrogens (tertiary/aromatic N) is 1. The molecule has 1 N–H and O–H groups in total. The number of hydrogen-bond acceptors (Lipinski definition) is 2. The molecule has 0 spiro atoms. The lowest BCUT2D eigenvalue weighted by molar-refractivity contribution is 0.503. The predicted octanol–water partition coefficient (Wildman–Crippen LogP) is -0.756. The molecule has 1 aliphatic heterocycles. The summed E-state index contributed by atoms with van der Waals surface area (Å²) in [6.45, 7) is 1.41. The van der Waals surface area contributed by atoms with Gasteiger partial charge in [0.25, 0.3) is 0 Å². The van der Waals surface area contributed by atoms with Crippen LogP contribution in [0.1, 0.15) is 0 Å². The summed E-state index contributed by atoms with van der Waals surface area (Å²) in [6, 6.07) is 0. The fourth-order valence-corrected chi connectivity index (χ4v) is 0.789. The van der Waals surface area contributed by atoms with E-state index in [2.05, 4.69) is 5.32 Å². The molecule has 0 aromatic heterocycles. The van der Waals surface area contributed by atoms with Crippen LogP contribution in [0.3, 0.4) is 0 Å². The lowest BCUT2D eigenvalue weighted by Gasteiger charge is -2.01. The van der Waals surface area contributed by atoms with Crippen LogP contribution < -0.4 is 5.32 Å². The number of amides is 1. The van der Waals surface area contributed by atoms with Crippen LogP contribution >= 0.6 is 12.2 Å².